The van der Waals surface area contributed by atoms with Crippen LogP contribution in [-0.2, 0) is 10.0 Å². The lowest BCUT2D eigenvalue weighted by molar-refractivity contribution is 0.200. The van der Waals surface area contributed by atoms with Crippen LogP contribution in [0.2, 0.25) is 0 Å². The van der Waals surface area contributed by atoms with E-state index in [-0.39, 0.29) is 18.8 Å². The van der Waals surface area contributed by atoms with Gasteiger partial charge in [-0.25, -0.2) is 13.4 Å². The summed E-state index contributed by atoms with van der Waals surface area (Å²) in [5.41, 5.74) is 3.72. The number of aryl methyl sites for hydroxylation is 2. The highest BCUT2D eigenvalue weighted by molar-refractivity contribution is 7.92. The van der Waals surface area contributed by atoms with E-state index in [9.17, 15) is 13.2 Å². The summed E-state index contributed by atoms with van der Waals surface area (Å²) in [7, 11) is -3.42. The van der Waals surface area contributed by atoms with Crippen LogP contribution in [-0.4, -0.2) is 42.5 Å². The van der Waals surface area contributed by atoms with Gasteiger partial charge in [-0.1, -0.05) is 12.1 Å². The molecule has 1 aromatic heterocycles. The van der Waals surface area contributed by atoms with E-state index in [1.807, 2.05) is 32.0 Å². The largest absolute Gasteiger partial charge is 0.491 e. The Balaban J connectivity index is 1.93. The van der Waals surface area contributed by atoms with Crippen molar-refractivity contribution in [3.8, 4) is 22.8 Å². The number of nitrogens with zero attached hydrogens (tertiary/aromatic N) is 2. The fourth-order valence-electron chi connectivity index (χ4n) is 3.91. The number of ether oxygens (including phenoxy) is 1. The number of aliphatic hydroxyl groups is 1. The van der Waals surface area contributed by atoms with E-state index in [4.69, 9.17) is 14.8 Å². The van der Waals surface area contributed by atoms with Crippen LogP contribution in [0.3, 0.4) is 0 Å². The molecule has 0 spiro atoms. The Labute approximate surface area is 197 Å². The van der Waals surface area contributed by atoms with Crippen molar-refractivity contribution in [2.45, 2.75) is 13.8 Å². The molecule has 0 saturated heterocycles. The molecular formula is C25H25N3O5S. The third kappa shape index (κ3) is 4.80. The minimum absolute atomic E-state index is 0.0867. The summed E-state index contributed by atoms with van der Waals surface area (Å²) in [5.74, 6) is 1.14. The maximum absolute atomic E-state index is 13.6. The number of aromatic nitrogens is 2. The summed E-state index contributed by atoms with van der Waals surface area (Å²) in [5, 5.41) is 9.58. The number of nitrogens with one attached hydrogen (secondary N) is 1. The van der Waals surface area contributed by atoms with E-state index >= 15 is 0 Å². The highest BCUT2D eigenvalue weighted by atomic mass is 32.2. The van der Waals surface area contributed by atoms with Crippen LogP contribution in [0, 0.1) is 13.8 Å². The molecule has 0 aliphatic rings. The van der Waals surface area contributed by atoms with Crippen LogP contribution in [0.25, 0.3) is 28.0 Å². The Morgan fingerprint density at radius 3 is 2.29 bits per heavy atom. The first-order valence-electron chi connectivity index (χ1n) is 10.6. The number of hydrogen-bond donors (Lipinski definition) is 2. The standard InChI is InChI=1S/C25H25N3O5S/c1-16-14-18(15-17(2)23(16)33-13-12-29)24-26-22-7-5-4-6-21(22)25(30)28(24)20-10-8-19(9-11-20)27-34(3,31)32/h4-11,14-15,27,29H,12-13H2,1-3H3. The van der Waals surface area contributed by atoms with Crippen molar-refractivity contribution >= 4 is 26.6 Å². The number of rotatable bonds is 7. The molecule has 0 unspecified atom stereocenters. The molecule has 0 radical (unpaired) electrons. The first-order valence-corrected chi connectivity index (χ1v) is 12.5. The summed E-state index contributed by atoms with van der Waals surface area (Å²) in [4.78, 5) is 18.4. The molecule has 0 atom stereocenters. The number of hydrogen-bond acceptors (Lipinski definition) is 6. The molecule has 9 heteroatoms. The Morgan fingerprint density at radius 1 is 1.03 bits per heavy atom. The lowest BCUT2D eigenvalue weighted by atomic mass is 10.0. The molecule has 0 saturated carbocycles. The average Bonchev–Trinajstić information content (AvgIpc) is 2.78. The normalized spacial score (nSPS) is 11.5. The fourth-order valence-corrected chi connectivity index (χ4v) is 4.48. The van der Waals surface area contributed by atoms with Gasteiger partial charge in [0, 0.05) is 11.3 Å². The summed E-state index contributed by atoms with van der Waals surface area (Å²) in [6.45, 7) is 3.90. The SMILES string of the molecule is Cc1cc(-c2nc3ccccc3c(=O)n2-c2ccc(NS(C)(=O)=O)cc2)cc(C)c1OCCO. The molecule has 0 aliphatic heterocycles. The molecule has 4 aromatic rings. The van der Waals surface area contributed by atoms with Crippen LogP contribution < -0.4 is 15.0 Å². The molecule has 0 aliphatic carbocycles. The predicted molar refractivity (Wildman–Crippen MR) is 133 cm³/mol. The van der Waals surface area contributed by atoms with Gasteiger partial charge in [0.25, 0.3) is 5.56 Å². The topological polar surface area (TPSA) is 111 Å². The van der Waals surface area contributed by atoms with Crippen molar-refractivity contribution in [2.75, 3.05) is 24.2 Å². The molecule has 0 amide bonds. The molecule has 4 rings (SSSR count). The highest BCUT2D eigenvalue weighted by Gasteiger charge is 2.17. The van der Waals surface area contributed by atoms with Gasteiger partial charge in [0.2, 0.25) is 10.0 Å². The summed E-state index contributed by atoms with van der Waals surface area (Å²) < 4.78 is 32.7. The van der Waals surface area contributed by atoms with Crippen molar-refractivity contribution in [1.82, 2.24) is 9.55 Å². The Kier molecular flexibility index (Phi) is 6.41. The number of sulfonamides is 1. The molecule has 0 bridgehead atoms. The molecule has 176 valence electrons. The number of anilines is 1. The first kappa shape index (κ1) is 23.5. The number of para-hydroxylation sites is 1. The van der Waals surface area contributed by atoms with Gasteiger partial charge < -0.3 is 9.84 Å². The van der Waals surface area contributed by atoms with Gasteiger partial charge in [-0.2, -0.15) is 0 Å². The maximum Gasteiger partial charge on any atom is 0.266 e. The van der Waals surface area contributed by atoms with Crippen LogP contribution in [0.15, 0.2) is 65.5 Å². The zero-order chi connectivity index (χ0) is 24.5. The van der Waals surface area contributed by atoms with Crippen LogP contribution in [0.5, 0.6) is 5.75 Å². The van der Waals surface area contributed by atoms with E-state index in [1.165, 1.54) is 4.57 Å². The maximum atomic E-state index is 13.6. The van der Waals surface area contributed by atoms with E-state index in [0.717, 1.165) is 22.9 Å². The van der Waals surface area contributed by atoms with Gasteiger partial charge in [-0.05, 0) is 73.5 Å². The lowest BCUT2D eigenvalue weighted by Gasteiger charge is -2.17. The summed E-state index contributed by atoms with van der Waals surface area (Å²) in [6, 6.07) is 17.5. The Morgan fingerprint density at radius 2 is 1.68 bits per heavy atom. The monoisotopic (exact) mass is 479 g/mol. The van der Waals surface area contributed by atoms with Gasteiger partial charge >= 0.3 is 0 Å². The zero-order valence-electron chi connectivity index (χ0n) is 19.1. The molecule has 34 heavy (non-hydrogen) atoms. The molecule has 0 fully saturated rings. The molecule has 1 heterocycles. The Hall–Kier alpha value is -3.69. The molecular weight excluding hydrogens is 454 g/mol. The van der Waals surface area contributed by atoms with E-state index in [0.29, 0.717) is 33.9 Å². The number of benzene rings is 3. The second-order valence-corrected chi connectivity index (χ2v) is 9.77. The minimum Gasteiger partial charge on any atom is -0.491 e. The lowest BCUT2D eigenvalue weighted by Crippen LogP contribution is -2.22. The smallest absolute Gasteiger partial charge is 0.266 e. The van der Waals surface area contributed by atoms with E-state index < -0.39 is 10.0 Å². The molecule has 8 nitrogen and oxygen atoms in total. The van der Waals surface area contributed by atoms with Crippen molar-refractivity contribution in [2.24, 2.45) is 0 Å². The third-order valence-corrected chi connectivity index (χ3v) is 5.87. The number of aliphatic hydroxyl groups excluding tert-OH is 1. The quantitative estimate of drug-likeness (QED) is 0.420. The van der Waals surface area contributed by atoms with Gasteiger partial charge in [0.1, 0.15) is 18.2 Å². The van der Waals surface area contributed by atoms with Crippen LogP contribution in [0.1, 0.15) is 11.1 Å². The van der Waals surface area contributed by atoms with Crippen LogP contribution in [0.4, 0.5) is 5.69 Å². The summed E-state index contributed by atoms with van der Waals surface area (Å²) >= 11 is 0. The molecule has 2 N–H and O–H groups in total. The second kappa shape index (κ2) is 9.28. The van der Waals surface area contributed by atoms with E-state index in [1.54, 1.807) is 42.5 Å². The van der Waals surface area contributed by atoms with Crippen LogP contribution >= 0.6 is 0 Å². The first-order chi connectivity index (χ1) is 16.2. The van der Waals surface area contributed by atoms with Crippen molar-refractivity contribution in [3.05, 3.63) is 82.1 Å². The van der Waals surface area contributed by atoms with E-state index in [2.05, 4.69) is 4.72 Å². The van der Waals surface area contributed by atoms with Gasteiger partial charge in [-0.15, -0.1) is 0 Å². The molecule has 3 aromatic carbocycles. The van der Waals surface area contributed by atoms with Crippen molar-refractivity contribution < 1.29 is 18.3 Å². The average molecular weight is 480 g/mol. The van der Waals surface area contributed by atoms with Gasteiger partial charge in [-0.3, -0.25) is 14.1 Å². The summed E-state index contributed by atoms with van der Waals surface area (Å²) in [6.07, 6.45) is 1.08. The van der Waals surface area contributed by atoms with Gasteiger partial charge in [0.15, 0.2) is 0 Å². The van der Waals surface area contributed by atoms with Crippen molar-refractivity contribution in [3.63, 3.8) is 0 Å². The Bertz CT molecular complexity index is 1500. The van der Waals surface area contributed by atoms with Crippen molar-refractivity contribution in [1.29, 1.82) is 0 Å². The predicted octanol–water partition coefficient (Wildman–Crippen LogP) is 3.41. The minimum atomic E-state index is -3.42. The number of fused-ring (bicyclic) bond motifs is 1. The zero-order valence-corrected chi connectivity index (χ0v) is 19.9. The highest BCUT2D eigenvalue weighted by Crippen LogP contribution is 2.31. The second-order valence-electron chi connectivity index (χ2n) is 8.03. The van der Waals surface area contributed by atoms with Gasteiger partial charge in [0.05, 0.1) is 29.5 Å². The third-order valence-electron chi connectivity index (χ3n) is 5.26. The fraction of sp³-hybridized carbons (Fsp3) is 0.200.